The first-order valence-corrected chi connectivity index (χ1v) is 4.47. The molecular weight excluding hydrogens is 200 g/mol. The van der Waals surface area contributed by atoms with E-state index >= 15 is 0 Å². The number of nitrogens with zero attached hydrogens (tertiary/aromatic N) is 3. The zero-order chi connectivity index (χ0) is 12.0. The number of rotatable bonds is 2. The molecule has 0 atom stereocenters. The molecule has 4 heteroatoms. The quantitative estimate of drug-likeness (QED) is 0.597. The molecule has 0 aromatic heterocycles. The molecule has 1 aromatic carbocycles. The van der Waals surface area contributed by atoms with Gasteiger partial charge in [-0.15, -0.1) is 0 Å². The summed E-state index contributed by atoms with van der Waals surface area (Å²) in [5, 5.41) is 24.3. The molecule has 0 heterocycles. The summed E-state index contributed by atoms with van der Waals surface area (Å²) >= 11 is 0. The molecular formula is C12H8N4. The number of allylic oxidation sites excluding steroid dienone is 1. The highest BCUT2D eigenvalue weighted by Gasteiger charge is 2.05. The van der Waals surface area contributed by atoms with E-state index in [1.54, 1.807) is 24.3 Å². The van der Waals surface area contributed by atoms with E-state index in [0.717, 1.165) is 5.56 Å². The van der Waals surface area contributed by atoms with Crippen LogP contribution in [0, 0.1) is 35.0 Å². The fourth-order valence-electron chi connectivity index (χ4n) is 1.03. The van der Waals surface area contributed by atoms with Crippen LogP contribution in [0.15, 0.2) is 34.8 Å². The fraction of sp³-hybridized carbons (Fsp3) is 0.0833. The van der Waals surface area contributed by atoms with E-state index in [0.29, 0.717) is 5.69 Å². The van der Waals surface area contributed by atoms with Gasteiger partial charge >= 0.3 is 0 Å². The van der Waals surface area contributed by atoms with Gasteiger partial charge in [0.05, 0.1) is 5.69 Å². The molecule has 76 valence electrons. The van der Waals surface area contributed by atoms with E-state index < -0.39 is 0 Å². The van der Waals surface area contributed by atoms with Crippen LogP contribution >= 0.6 is 0 Å². The standard InChI is InChI=1S/C12H8N4/c1-9-2-4-11(5-3-9)16-12(8-15)10(6-13)7-14/h2-5,13H,1H3. The Hall–Kier alpha value is -2.68. The summed E-state index contributed by atoms with van der Waals surface area (Å²) in [5.41, 5.74) is 1.40. The van der Waals surface area contributed by atoms with E-state index in [4.69, 9.17) is 15.9 Å². The van der Waals surface area contributed by atoms with Crippen molar-refractivity contribution in [3.8, 4) is 12.1 Å². The van der Waals surface area contributed by atoms with Crippen molar-refractivity contribution in [1.29, 1.82) is 15.9 Å². The first-order chi connectivity index (χ1) is 7.71. The number of aliphatic imine (C=N–C) groups is 1. The van der Waals surface area contributed by atoms with Gasteiger partial charge in [-0.3, -0.25) is 5.41 Å². The van der Waals surface area contributed by atoms with Gasteiger partial charge in [0.15, 0.2) is 5.71 Å². The molecule has 0 spiro atoms. The Kier molecular flexibility index (Phi) is 3.75. The lowest BCUT2D eigenvalue weighted by Gasteiger charge is -1.95. The van der Waals surface area contributed by atoms with Crippen LogP contribution < -0.4 is 0 Å². The Labute approximate surface area is 93.3 Å². The molecule has 1 N–H and O–H groups in total. The molecule has 0 unspecified atom stereocenters. The van der Waals surface area contributed by atoms with Crippen molar-refractivity contribution in [2.24, 2.45) is 4.99 Å². The first-order valence-electron chi connectivity index (χ1n) is 4.47. The molecule has 0 amide bonds. The third-order valence-electron chi connectivity index (χ3n) is 1.85. The minimum absolute atomic E-state index is 0.0960. The molecule has 0 saturated heterocycles. The largest absolute Gasteiger partial charge is 0.257 e. The number of hydrogen-bond acceptors (Lipinski definition) is 4. The molecule has 16 heavy (non-hydrogen) atoms. The molecule has 0 aliphatic rings. The zero-order valence-corrected chi connectivity index (χ0v) is 8.65. The Bertz CT molecular complexity index is 546. The summed E-state index contributed by atoms with van der Waals surface area (Å²) in [7, 11) is 0. The monoisotopic (exact) mass is 208 g/mol. The smallest absolute Gasteiger partial charge is 0.168 e. The molecule has 0 radical (unpaired) electrons. The first kappa shape index (κ1) is 11.4. The zero-order valence-electron chi connectivity index (χ0n) is 8.65. The molecule has 4 nitrogen and oxygen atoms in total. The molecule has 1 rings (SSSR count). The van der Waals surface area contributed by atoms with Gasteiger partial charge in [0.1, 0.15) is 17.7 Å². The Morgan fingerprint density at radius 3 is 2.25 bits per heavy atom. The Balaban J connectivity index is 3.17. The SMILES string of the molecule is Cc1ccc(N=C(C#N)C(=C=N)C#N)cc1. The van der Waals surface area contributed by atoms with Crippen molar-refractivity contribution in [2.45, 2.75) is 6.92 Å². The second-order valence-corrected chi connectivity index (χ2v) is 3.02. The lowest BCUT2D eigenvalue weighted by molar-refractivity contribution is 1.43. The van der Waals surface area contributed by atoms with Gasteiger partial charge in [0.2, 0.25) is 0 Å². The van der Waals surface area contributed by atoms with Gasteiger partial charge in [-0.05, 0) is 19.1 Å². The maximum absolute atomic E-state index is 8.80. The summed E-state index contributed by atoms with van der Waals surface area (Å²) in [6.45, 7) is 1.94. The number of benzene rings is 1. The van der Waals surface area contributed by atoms with Crippen LogP contribution in [0.2, 0.25) is 0 Å². The van der Waals surface area contributed by atoms with Crippen LogP contribution in [-0.4, -0.2) is 11.6 Å². The number of hydrogen-bond donors (Lipinski definition) is 1. The highest BCUT2D eigenvalue weighted by atomic mass is 14.7. The molecule has 0 saturated carbocycles. The van der Waals surface area contributed by atoms with Crippen LogP contribution in [0.25, 0.3) is 0 Å². The fourth-order valence-corrected chi connectivity index (χ4v) is 1.03. The normalized spacial score (nSPS) is 9.81. The van der Waals surface area contributed by atoms with Crippen molar-refractivity contribution < 1.29 is 0 Å². The third-order valence-corrected chi connectivity index (χ3v) is 1.85. The third kappa shape index (κ3) is 2.65. The van der Waals surface area contributed by atoms with Crippen molar-refractivity contribution in [2.75, 3.05) is 0 Å². The van der Waals surface area contributed by atoms with E-state index in [1.165, 1.54) is 0 Å². The van der Waals surface area contributed by atoms with E-state index in [1.807, 2.05) is 24.9 Å². The Morgan fingerprint density at radius 2 is 1.81 bits per heavy atom. The molecule has 0 aliphatic carbocycles. The van der Waals surface area contributed by atoms with Crippen LogP contribution in [0.4, 0.5) is 5.69 Å². The molecule has 0 aliphatic heterocycles. The average molecular weight is 208 g/mol. The maximum Gasteiger partial charge on any atom is 0.168 e. The highest BCUT2D eigenvalue weighted by molar-refractivity contribution is 6.19. The Morgan fingerprint density at radius 1 is 1.19 bits per heavy atom. The molecule has 1 aromatic rings. The summed E-state index contributed by atoms with van der Waals surface area (Å²) in [6, 6.07) is 10.7. The summed E-state index contributed by atoms with van der Waals surface area (Å²) in [5.74, 6) is 1.89. The van der Waals surface area contributed by atoms with E-state index in [2.05, 4.69) is 4.99 Å². The van der Waals surface area contributed by atoms with Gasteiger partial charge in [-0.25, -0.2) is 4.99 Å². The summed E-state index contributed by atoms with van der Waals surface area (Å²) < 4.78 is 0. The minimum atomic E-state index is -0.164. The van der Waals surface area contributed by atoms with Crippen molar-refractivity contribution in [3.63, 3.8) is 0 Å². The van der Waals surface area contributed by atoms with Crippen molar-refractivity contribution in [3.05, 3.63) is 35.4 Å². The van der Waals surface area contributed by atoms with E-state index in [-0.39, 0.29) is 11.3 Å². The number of nitriles is 2. The van der Waals surface area contributed by atoms with Crippen molar-refractivity contribution in [1.82, 2.24) is 0 Å². The topological polar surface area (TPSA) is 83.8 Å². The van der Waals surface area contributed by atoms with E-state index in [9.17, 15) is 0 Å². The molecule has 0 fully saturated rings. The van der Waals surface area contributed by atoms with Gasteiger partial charge < -0.3 is 0 Å². The number of aryl methyl sites for hydroxylation is 1. The van der Waals surface area contributed by atoms with Crippen LogP contribution in [-0.2, 0) is 0 Å². The van der Waals surface area contributed by atoms with Crippen molar-refractivity contribution >= 4 is 17.3 Å². The van der Waals surface area contributed by atoms with Gasteiger partial charge in [-0.1, -0.05) is 17.7 Å². The van der Waals surface area contributed by atoms with Crippen LogP contribution in [0.1, 0.15) is 5.56 Å². The lowest BCUT2D eigenvalue weighted by Crippen LogP contribution is -1.97. The van der Waals surface area contributed by atoms with Gasteiger partial charge in [0.25, 0.3) is 0 Å². The predicted octanol–water partition coefficient (Wildman–Crippen LogP) is 2.29. The average Bonchev–Trinajstić information content (AvgIpc) is 2.32. The maximum atomic E-state index is 8.80. The highest BCUT2D eigenvalue weighted by Crippen LogP contribution is 2.13. The van der Waals surface area contributed by atoms with Crippen LogP contribution in [0.5, 0.6) is 0 Å². The number of nitrogens with one attached hydrogen (secondary N) is 1. The lowest BCUT2D eigenvalue weighted by atomic mass is 10.2. The van der Waals surface area contributed by atoms with Crippen LogP contribution in [0.3, 0.4) is 0 Å². The summed E-state index contributed by atoms with van der Waals surface area (Å²) in [6.07, 6.45) is 0. The second-order valence-electron chi connectivity index (χ2n) is 3.02. The molecule has 0 bridgehead atoms. The predicted molar refractivity (Wildman–Crippen MR) is 60.7 cm³/mol. The van der Waals surface area contributed by atoms with Gasteiger partial charge in [0, 0.05) is 5.87 Å². The minimum Gasteiger partial charge on any atom is -0.257 e. The van der Waals surface area contributed by atoms with Gasteiger partial charge in [-0.2, -0.15) is 10.5 Å². The second kappa shape index (κ2) is 5.26. The summed E-state index contributed by atoms with van der Waals surface area (Å²) in [4.78, 5) is 3.97.